The number of sulfonamides is 1. The minimum absolute atomic E-state index is 0.151. The van der Waals surface area contributed by atoms with Crippen molar-refractivity contribution in [2.45, 2.75) is 23.5 Å². The molecular weight excluding hydrogens is 438 g/mol. The average Bonchev–Trinajstić information content (AvgIpc) is 3.23. The van der Waals surface area contributed by atoms with Crippen LogP contribution in [0.15, 0.2) is 53.4 Å². The molecule has 0 atom stereocenters. The van der Waals surface area contributed by atoms with E-state index in [-0.39, 0.29) is 48.3 Å². The van der Waals surface area contributed by atoms with Crippen molar-refractivity contribution in [3.05, 3.63) is 64.2 Å². The number of amides is 1. The molecule has 0 unspecified atom stereocenters. The molecule has 2 heterocycles. The Labute approximate surface area is 185 Å². The molecular formula is C21H23N3O7S. The number of nitro groups is 1. The van der Waals surface area contributed by atoms with E-state index in [0.717, 1.165) is 0 Å². The Balaban J connectivity index is 1.50. The number of methoxy groups -OCH3 is 1. The van der Waals surface area contributed by atoms with E-state index in [1.807, 2.05) is 0 Å². The number of likely N-dealkylation sites (tertiary alicyclic amines) is 1. The van der Waals surface area contributed by atoms with Crippen LogP contribution in [0.5, 0.6) is 5.75 Å². The molecule has 2 fully saturated rings. The third kappa shape index (κ3) is 3.94. The van der Waals surface area contributed by atoms with Crippen LogP contribution in [0, 0.1) is 10.1 Å². The van der Waals surface area contributed by atoms with Crippen molar-refractivity contribution >= 4 is 21.6 Å². The Bertz CT molecular complexity index is 1130. The fraction of sp³-hybridized carbons (Fsp3) is 0.381. The predicted molar refractivity (Wildman–Crippen MR) is 114 cm³/mol. The van der Waals surface area contributed by atoms with Gasteiger partial charge in [-0.15, -0.1) is 0 Å². The van der Waals surface area contributed by atoms with Gasteiger partial charge in [0.15, 0.2) is 0 Å². The van der Waals surface area contributed by atoms with Gasteiger partial charge in [0.25, 0.3) is 11.6 Å². The number of non-ortho nitro benzene ring substituents is 1. The van der Waals surface area contributed by atoms with Crippen LogP contribution < -0.4 is 4.74 Å². The van der Waals surface area contributed by atoms with Crippen LogP contribution in [0.1, 0.15) is 23.2 Å². The summed E-state index contributed by atoms with van der Waals surface area (Å²) in [6, 6.07) is 11.8. The minimum atomic E-state index is -3.80. The van der Waals surface area contributed by atoms with Crippen LogP contribution >= 0.6 is 0 Å². The standard InChI is InChI=1S/C21H23N3O7S/c1-30-18-5-7-19(8-6-18)32(28,29)23-13-14-31-21(23)9-11-22(12-10-21)20(25)16-3-2-4-17(15-16)24(26)27/h2-8,15H,9-14H2,1H3. The molecule has 0 aromatic heterocycles. The van der Waals surface area contributed by atoms with Gasteiger partial charge >= 0.3 is 0 Å². The molecule has 0 bridgehead atoms. The average molecular weight is 461 g/mol. The van der Waals surface area contributed by atoms with Crippen LogP contribution in [-0.2, 0) is 14.8 Å². The van der Waals surface area contributed by atoms with Crippen molar-refractivity contribution in [1.29, 1.82) is 0 Å². The third-order valence-corrected chi connectivity index (χ3v) is 7.87. The number of benzene rings is 2. The molecule has 1 amide bonds. The molecule has 0 aliphatic carbocycles. The maximum atomic E-state index is 13.3. The van der Waals surface area contributed by atoms with Crippen LogP contribution in [-0.4, -0.2) is 67.5 Å². The van der Waals surface area contributed by atoms with Gasteiger partial charge in [-0.1, -0.05) is 6.07 Å². The number of nitrogens with zero attached hydrogens (tertiary/aromatic N) is 3. The van der Waals surface area contributed by atoms with Crippen molar-refractivity contribution in [3.8, 4) is 5.75 Å². The number of ether oxygens (including phenoxy) is 2. The maximum absolute atomic E-state index is 13.3. The lowest BCUT2D eigenvalue weighted by molar-refractivity contribution is -0.384. The van der Waals surface area contributed by atoms with Crippen molar-refractivity contribution < 1.29 is 27.6 Å². The van der Waals surface area contributed by atoms with Crippen molar-refractivity contribution in [2.75, 3.05) is 33.4 Å². The maximum Gasteiger partial charge on any atom is 0.270 e. The molecule has 2 saturated heterocycles. The summed E-state index contributed by atoms with van der Waals surface area (Å²) in [6.07, 6.45) is 0.617. The van der Waals surface area contributed by atoms with Gasteiger partial charge in [0.2, 0.25) is 10.0 Å². The minimum Gasteiger partial charge on any atom is -0.497 e. The molecule has 2 aromatic rings. The number of hydrogen-bond donors (Lipinski definition) is 0. The lowest BCUT2D eigenvalue weighted by Crippen LogP contribution is -2.55. The first kappa shape index (κ1) is 22.2. The van der Waals surface area contributed by atoms with Crippen LogP contribution in [0.25, 0.3) is 0 Å². The van der Waals surface area contributed by atoms with Gasteiger partial charge in [0.05, 0.1) is 23.5 Å². The van der Waals surface area contributed by atoms with Crippen LogP contribution in [0.2, 0.25) is 0 Å². The van der Waals surface area contributed by atoms with Gasteiger partial charge in [-0.05, 0) is 30.3 Å². The molecule has 4 rings (SSSR count). The van der Waals surface area contributed by atoms with Crippen molar-refractivity contribution in [3.63, 3.8) is 0 Å². The fourth-order valence-corrected chi connectivity index (χ4v) is 5.92. The first-order chi connectivity index (χ1) is 15.3. The highest BCUT2D eigenvalue weighted by Gasteiger charge is 2.51. The summed E-state index contributed by atoms with van der Waals surface area (Å²) >= 11 is 0. The Hall–Kier alpha value is -3.02. The van der Waals surface area contributed by atoms with E-state index < -0.39 is 20.7 Å². The molecule has 11 heteroatoms. The zero-order chi connectivity index (χ0) is 22.9. The fourth-order valence-electron chi connectivity index (χ4n) is 4.20. The molecule has 1 spiro atoms. The largest absolute Gasteiger partial charge is 0.497 e. The molecule has 0 radical (unpaired) electrons. The summed E-state index contributed by atoms with van der Waals surface area (Å²) in [6.45, 7) is 1.05. The second-order valence-electron chi connectivity index (χ2n) is 7.65. The number of carbonyl (C=O) groups is 1. The highest BCUT2D eigenvalue weighted by Crippen LogP contribution is 2.38. The SMILES string of the molecule is COc1ccc(S(=O)(=O)N2CCOC23CCN(C(=O)c2cccc([N+](=O)[O-])c2)CC3)cc1. The van der Waals surface area contributed by atoms with Gasteiger partial charge < -0.3 is 14.4 Å². The Morgan fingerprint density at radius 3 is 2.44 bits per heavy atom. The Morgan fingerprint density at radius 2 is 1.81 bits per heavy atom. The Kier molecular flexibility index (Phi) is 5.89. The van der Waals surface area contributed by atoms with Crippen LogP contribution in [0.4, 0.5) is 5.69 Å². The summed E-state index contributed by atoms with van der Waals surface area (Å²) in [7, 11) is -2.29. The summed E-state index contributed by atoms with van der Waals surface area (Å²) < 4.78 is 39.0. The van der Waals surface area contributed by atoms with Gasteiger partial charge in [-0.25, -0.2) is 8.42 Å². The zero-order valence-corrected chi connectivity index (χ0v) is 18.3. The monoisotopic (exact) mass is 461 g/mol. The van der Waals surface area contributed by atoms with Crippen molar-refractivity contribution in [1.82, 2.24) is 9.21 Å². The van der Waals surface area contributed by atoms with Gasteiger partial charge in [0, 0.05) is 50.2 Å². The van der Waals surface area contributed by atoms with E-state index >= 15 is 0 Å². The molecule has 2 aliphatic rings. The summed E-state index contributed by atoms with van der Waals surface area (Å²) in [5.41, 5.74) is -0.941. The first-order valence-electron chi connectivity index (χ1n) is 10.1. The number of piperidine rings is 1. The second-order valence-corrected chi connectivity index (χ2v) is 9.51. The third-order valence-electron chi connectivity index (χ3n) is 5.90. The van der Waals surface area contributed by atoms with E-state index in [1.165, 1.54) is 47.8 Å². The summed E-state index contributed by atoms with van der Waals surface area (Å²) in [5, 5.41) is 11.0. The van der Waals surface area contributed by atoms with Gasteiger partial charge in [-0.3, -0.25) is 14.9 Å². The highest BCUT2D eigenvalue weighted by molar-refractivity contribution is 7.89. The van der Waals surface area contributed by atoms with E-state index in [4.69, 9.17) is 9.47 Å². The zero-order valence-electron chi connectivity index (χ0n) is 17.5. The van der Waals surface area contributed by atoms with E-state index in [9.17, 15) is 23.3 Å². The number of rotatable bonds is 5. The van der Waals surface area contributed by atoms with Crippen LogP contribution in [0.3, 0.4) is 0 Å². The van der Waals surface area contributed by atoms with E-state index in [2.05, 4.69) is 0 Å². The molecule has 0 N–H and O–H groups in total. The topological polar surface area (TPSA) is 119 Å². The smallest absolute Gasteiger partial charge is 0.270 e. The molecule has 0 saturated carbocycles. The molecule has 2 aromatic carbocycles. The number of nitro benzene ring substituents is 1. The highest BCUT2D eigenvalue weighted by atomic mass is 32.2. The number of hydrogen-bond acceptors (Lipinski definition) is 7. The quantitative estimate of drug-likeness (QED) is 0.495. The predicted octanol–water partition coefficient (Wildman–Crippen LogP) is 2.26. The lowest BCUT2D eigenvalue weighted by Gasteiger charge is -2.42. The van der Waals surface area contributed by atoms with E-state index in [0.29, 0.717) is 18.6 Å². The summed E-state index contributed by atoms with van der Waals surface area (Å²) in [4.78, 5) is 25.0. The molecule has 10 nitrogen and oxygen atoms in total. The normalized spacial score (nSPS) is 18.6. The summed E-state index contributed by atoms with van der Waals surface area (Å²) in [5.74, 6) is 0.232. The Morgan fingerprint density at radius 1 is 1.12 bits per heavy atom. The molecule has 2 aliphatic heterocycles. The van der Waals surface area contributed by atoms with E-state index in [1.54, 1.807) is 17.0 Å². The molecule has 170 valence electrons. The second kappa shape index (κ2) is 8.49. The molecule has 32 heavy (non-hydrogen) atoms. The van der Waals surface area contributed by atoms with Gasteiger partial charge in [0.1, 0.15) is 11.5 Å². The lowest BCUT2D eigenvalue weighted by atomic mass is 10.00. The van der Waals surface area contributed by atoms with Gasteiger partial charge in [-0.2, -0.15) is 4.31 Å². The first-order valence-corrected chi connectivity index (χ1v) is 11.6. The van der Waals surface area contributed by atoms with Crippen molar-refractivity contribution in [2.24, 2.45) is 0 Å². The number of carbonyl (C=O) groups excluding carboxylic acids is 1.